The molecule has 0 bridgehead atoms. The Morgan fingerprint density at radius 3 is 2.68 bits per heavy atom. The van der Waals surface area contributed by atoms with Crippen molar-refractivity contribution < 1.29 is 9.53 Å². The van der Waals surface area contributed by atoms with Gasteiger partial charge >= 0.3 is 0 Å². The molecular weight excluding hydrogens is 314 g/mol. The van der Waals surface area contributed by atoms with Crippen LogP contribution in [0.3, 0.4) is 0 Å². The Kier molecular flexibility index (Phi) is 5.34. The fourth-order valence-electron chi connectivity index (χ4n) is 3.31. The van der Waals surface area contributed by atoms with Gasteiger partial charge in [0.2, 0.25) is 0 Å². The third-order valence-corrected chi connectivity index (χ3v) is 4.50. The Hall–Kier alpha value is -2.40. The third kappa shape index (κ3) is 3.99. The van der Waals surface area contributed by atoms with Gasteiger partial charge in [-0.15, -0.1) is 0 Å². The summed E-state index contributed by atoms with van der Waals surface area (Å²) in [5.41, 5.74) is 2.71. The molecule has 1 atom stereocenters. The van der Waals surface area contributed by atoms with Crippen molar-refractivity contribution >= 4 is 5.91 Å². The first-order chi connectivity index (χ1) is 12.1. The number of carbonyl (C=O) groups is 1. The second kappa shape index (κ2) is 7.66. The molecule has 1 aromatic heterocycles. The van der Waals surface area contributed by atoms with Crippen LogP contribution in [-0.2, 0) is 6.54 Å². The highest BCUT2D eigenvalue weighted by atomic mass is 16.5. The third-order valence-electron chi connectivity index (χ3n) is 4.50. The number of pyridine rings is 1. The second-order valence-corrected chi connectivity index (χ2v) is 6.68. The first-order valence-electron chi connectivity index (χ1n) is 8.64. The smallest absolute Gasteiger partial charge is 0.254 e. The lowest BCUT2D eigenvalue weighted by molar-refractivity contribution is 0.0732. The van der Waals surface area contributed by atoms with E-state index in [1.54, 1.807) is 7.11 Å². The van der Waals surface area contributed by atoms with E-state index in [9.17, 15) is 4.79 Å². The van der Waals surface area contributed by atoms with E-state index < -0.39 is 0 Å². The number of rotatable bonds is 5. The summed E-state index contributed by atoms with van der Waals surface area (Å²) in [6, 6.07) is 13.5. The van der Waals surface area contributed by atoms with Gasteiger partial charge in [0.1, 0.15) is 5.75 Å². The molecule has 25 heavy (non-hydrogen) atoms. The number of carbonyl (C=O) groups excluding carboxylic acids is 1. The lowest BCUT2D eigenvalue weighted by Crippen LogP contribution is -2.31. The van der Waals surface area contributed by atoms with Gasteiger partial charge in [-0.2, -0.15) is 0 Å². The fraction of sp³-hybridized carbons (Fsp3) is 0.400. The van der Waals surface area contributed by atoms with E-state index >= 15 is 0 Å². The van der Waals surface area contributed by atoms with Crippen LogP contribution in [-0.4, -0.2) is 48.4 Å². The van der Waals surface area contributed by atoms with Crippen molar-refractivity contribution in [3.63, 3.8) is 0 Å². The van der Waals surface area contributed by atoms with Gasteiger partial charge in [-0.3, -0.25) is 9.78 Å². The predicted octanol–water partition coefficient (Wildman–Crippen LogP) is 3.13. The van der Waals surface area contributed by atoms with Crippen LogP contribution >= 0.6 is 0 Å². The Morgan fingerprint density at radius 1 is 1.24 bits per heavy atom. The van der Waals surface area contributed by atoms with Gasteiger partial charge in [-0.1, -0.05) is 6.07 Å². The Bertz CT molecular complexity index is 728. The quantitative estimate of drug-likeness (QED) is 0.840. The van der Waals surface area contributed by atoms with Crippen LogP contribution in [0, 0.1) is 0 Å². The van der Waals surface area contributed by atoms with Crippen molar-refractivity contribution in [2.24, 2.45) is 0 Å². The maximum Gasteiger partial charge on any atom is 0.254 e. The number of aromatic nitrogens is 1. The van der Waals surface area contributed by atoms with Crippen LogP contribution < -0.4 is 4.74 Å². The SMILES string of the molecule is COc1ccc(C(=O)N2CCC[C@@H]2c2cccc(CN(C)C)n2)cc1. The summed E-state index contributed by atoms with van der Waals surface area (Å²) in [5, 5.41) is 0. The number of amides is 1. The van der Waals surface area contributed by atoms with Gasteiger partial charge < -0.3 is 14.5 Å². The van der Waals surface area contributed by atoms with E-state index in [2.05, 4.69) is 4.90 Å². The largest absolute Gasteiger partial charge is 0.497 e. The number of hydrogen-bond acceptors (Lipinski definition) is 4. The molecule has 0 saturated carbocycles. The molecule has 0 unspecified atom stereocenters. The van der Waals surface area contributed by atoms with Crippen molar-refractivity contribution in [1.29, 1.82) is 0 Å². The molecule has 1 saturated heterocycles. The Balaban J connectivity index is 1.81. The summed E-state index contributed by atoms with van der Waals surface area (Å²) < 4.78 is 5.17. The van der Waals surface area contributed by atoms with Gasteiger partial charge in [0.05, 0.1) is 24.5 Å². The average Bonchev–Trinajstić information content (AvgIpc) is 3.10. The van der Waals surface area contributed by atoms with E-state index in [4.69, 9.17) is 9.72 Å². The van der Waals surface area contributed by atoms with Gasteiger partial charge in [0.25, 0.3) is 5.91 Å². The number of benzene rings is 1. The Morgan fingerprint density at radius 2 is 2.00 bits per heavy atom. The summed E-state index contributed by atoms with van der Waals surface area (Å²) in [7, 11) is 5.69. The van der Waals surface area contributed by atoms with Crippen LogP contribution in [0.15, 0.2) is 42.5 Å². The van der Waals surface area contributed by atoms with Crippen molar-refractivity contribution in [1.82, 2.24) is 14.8 Å². The number of ether oxygens (including phenoxy) is 1. The summed E-state index contributed by atoms with van der Waals surface area (Å²) in [5.74, 6) is 0.817. The molecule has 132 valence electrons. The molecule has 2 aromatic rings. The molecule has 1 aliphatic heterocycles. The highest BCUT2D eigenvalue weighted by molar-refractivity contribution is 5.94. The zero-order chi connectivity index (χ0) is 17.8. The molecule has 1 amide bonds. The molecule has 1 fully saturated rings. The van der Waals surface area contributed by atoms with Crippen LogP contribution in [0.4, 0.5) is 0 Å². The normalized spacial score (nSPS) is 17.1. The molecule has 3 rings (SSSR count). The van der Waals surface area contributed by atoms with Gasteiger partial charge in [-0.05, 0) is 63.3 Å². The Labute approximate surface area is 149 Å². The zero-order valence-corrected chi connectivity index (χ0v) is 15.1. The minimum atomic E-state index is 0.0525. The second-order valence-electron chi connectivity index (χ2n) is 6.68. The fourth-order valence-corrected chi connectivity index (χ4v) is 3.31. The van der Waals surface area contributed by atoms with Crippen LogP contribution in [0.25, 0.3) is 0 Å². The van der Waals surface area contributed by atoms with E-state index in [-0.39, 0.29) is 11.9 Å². The molecule has 1 aliphatic rings. The molecule has 5 nitrogen and oxygen atoms in total. The number of methoxy groups -OCH3 is 1. The van der Waals surface area contributed by atoms with Crippen molar-refractivity contribution in [3.8, 4) is 5.75 Å². The standard InChI is InChI=1S/C20H25N3O2/c1-22(2)14-16-6-4-7-18(21-16)19-8-5-13-23(19)20(24)15-9-11-17(25-3)12-10-15/h4,6-7,9-12,19H,5,8,13-14H2,1-3H3/t19-/m1/s1. The zero-order valence-electron chi connectivity index (χ0n) is 15.1. The molecule has 5 heteroatoms. The van der Waals surface area contributed by atoms with Gasteiger partial charge in [0, 0.05) is 18.7 Å². The highest BCUT2D eigenvalue weighted by Crippen LogP contribution is 2.32. The summed E-state index contributed by atoms with van der Waals surface area (Å²) >= 11 is 0. The molecule has 0 spiro atoms. The summed E-state index contributed by atoms with van der Waals surface area (Å²) in [4.78, 5) is 21.8. The van der Waals surface area contributed by atoms with Gasteiger partial charge in [-0.25, -0.2) is 0 Å². The van der Waals surface area contributed by atoms with E-state index in [0.717, 1.165) is 43.1 Å². The number of hydrogen-bond donors (Lipinski definition) is 0. The van der Waals surface area contributed by atoms with Crippen LogP contribution in [0.1, 0.15) is 40.6 Å². The highest BCUT2D eigenvalue weighted by Gasteiger charge is 2.31. The number of nitrogens with zero attached hydrogens (tertiary/aromatic N) is 3. The monoisotopic (exact) mass is 339 g/mol. The maximum atomic E-state index is 12.9. The lowest BCUT2D eigenvalue weighted by Gasteiger charge is -2.25. The average molecular weight is 339 g/mol. The molecule has 1 aromatic carbocycles. The van der Waals surface area contributed by atoms with Crippen molar-refractivity contribution in [2.45, 2.75) is 25.4 Å². The van der Waals surface area contributed by atoms with E-state index in [1.165, 1.54) is 0 Å². The molecular formula is C20H25N3O2. The minimum Gasteiger partial charge on any atom is -0.497 e. The van der Waals surface area contributed by atoms with E-state index in [1.807, 2.05) is 61.5 Å². The topological polar surface area (TPSA) is 45.7 Å². The van der Waals surface area contributed by atoms with Gasteiger partial charge in [0.15, 0.2) is 0 Å². The number of likely N-dealkylation sites (tertiary alicyclic amines) is 1. The van der Waals surface area contributed by atoms with E-state index in [0.29, 0.717) is 5.56 Å². The van der Waals surface area contributed by atoms with Crippen LogP contribution in [0.2, 0.25) is 0 Å². The summed E-state index contributed by atoms with van der Waals surface area (Å²) in [6.45, 7) is 1.57. The maximum absolute atomic E-state index is 12.9. The minimum absolute atomic E-state index is 0.0525. The molecule has 2 heterocycles. The molecule has 0 N–H and O–H groups in total. The summed E-state index contributed by atoms with van der Waals surface area (Å²) in [6.07, 6.45) is 1.96. The first kappa shape index (κ1) is 17.4. The lowest BCUT2D eigenvalue weighted by atomic mass is 10.1. The van der Waals surface area contributed by atoms with Crippen molar-refractivity contribution in [2.75, 3.05) is 27.7 Å². The molecule has 0 aliphatic carbocycles. The molecule has 0 radical (unpaired) electrons. The van der Waals surface area contributed by atoms with Crippen molar-refractivity contribution in [3.05, 3.63) is 59.4 Å². The van der Waals surface area contributed by atoms with Crippen LogP contribution in [0.5, 0.6) is 5.75 Å². The first-order valence-corrected chi connectivity index (χ1v) is 8.64. The predicted molar refractivity (Wildman–Crippen MR) is 97.6 cm³/mol.